The Morgan fingerprint density at radius 1 is 1.54 bits per heavy atom. The van der Waals surface area contributed by atoms with Crippen molar-refractivity contribution in [1.82, 2.24) is 4.98 Å². The minimum Gasteiger partial charge on any atom is -0.383 e. The third-order valence-corrected chi connectivity index (χ3v) is 1.42. The average Bonchev–Trinajstić information content (AvgIpc) is 2.04. The van der Waals surface area contributed by atoms with Crippen LogP contribution in [0.15, 0.2) is 6.20 Å². The Morgan fingerprint density at radius 2 is 2.15 bits per heavy atom. The first-order chi connectivity index (χ1) is 6.07. The Bertz CT molecular complexity index is 370. The molecule has 0 fully saturated rings. The molecule has 0 spiro atoms. The third-order valence-electron chi connectivity index (χ3n) is 1.42. The SMILES string of the molecule is N#Cc1c(N)ncc(C(F)F)c1F. The molecular formula is C7H4F3N3. The van der Waals surface area contributed by atoms with Gasteiger partial charge >= 0.3 is 0 Å². The number of nitrogens with two attached hydrogens (primary N) is 1. The van der Waals surface area contributed by atoms with E-state index in [-0.39, 0.29) is 5.82 Å². The van der Waals surface area contributed by atoms with E-state index in [0.717, 1.165) is 0 Å². The summed E-state index contributed by atoms with van der Waals surface area (Å²) in [5, 5.41) is 8.35. The first-order valence-corrected chi connectivity index (χ1v) is 3.20. The van der Waals surface area contributed by atoms with Gasteiger partial charge in [0.2, 0.25) is 0 Å². The lowest BCUT2D eigenvalue weighted by molar-refractivity contribution is 0.146. The monoisotopic (exact) mass is 187 g/mol. The lowest BCUT2D eigenvalue weighted by Gasteiger charge is -2.03. The number of aromatic nitrogens is 1. The molecule has 13 heavy (non-hydrogen) atoms. The summed E-state index contributed by atoms with van der Waals surface area (Å²) in [6.45, 7) is 0. The van der Waals surface area contributed by atoms with Gasteiger partial charge in [-0.05, 0) is 0 Å². The molecule has 68 valence electrons. The molecule has 0 bridgehead atoms. The molecule has 0 aromatic carbocycles. The number of alkyl halides is 2. The molecule has 0 amide bonds. The van der Waals surface area contributed by atoms with Gasteiger partial charge in [0.25, 0.3) is 6.43 Å². The molecule has 0 aliphatic heterocycles. The quantitative estimate of drug-likeness (QED) is 0.726. The van der Waals surface area contributed by atoms with E-state index in [1.54, 1.807) is 0 Å². The number of nitrogen functional groups attached to an aromatic ring is 1. The molecule has 0 radical (unpaired) electrons. The van der Waals surface area contributed by atoms with Crippen LogP contribution in [0.4, 0.5) is 19.0 Å². The van der Waals surface area contributed by atoms with Crippen LogP contribution in [-0.4, -0.2) is 4.98 Å². The number of hydrogen-bond acceptors (Lipinski definition) is 3. The molecule has 0 aliphatic carbocycles. The topological polar surface area (TPSA) is 62.7 Å². The number of halogens is 3. The van der Waals surface area contributed by atoms with Gasteiger partial charge in [0.05, 0.1) is 5.56 Å². The van der Waals surface area contributed by atoms with Gasteiger partial charge in [-0.15, -0.1) is 0 Å². The van der Waals surface area contributed by atoms with Crippen molar-refractivity contribution in [2.75, 3.05) is 5.73 Å². The number of pyridine rings is 1. The van der Waals surface area contributed by atoms with Crippen LogP contribution in [0.1, 0.15) is 17.6 Å². The molecule has 0 unspecified atom stereocenters. The van der Waals surface area contributed by atoms with Crippen molar-refractivity contribution in [3.8, 4) is 6.07 Å². The zero-order valence-corrected chi connectivity index (χ0v) is 6.26. The van der Waals surface area contributed by atoms with Crippen LogP contribution in [0, 0.1) is 17.1 Å². The van der Waals surface area contributed by atoms with E-state index in [0.29, 0.717) is 6.20 Å². The highest BCUT2D eigenvalue weighted by atomic mass is 19.3. The van der Waals surface area contributed by atoms with Gasteiger partial charge in [-0.3, -0.25) is 0 Å². The number of rotatable bonds is 1. The molecule has 1 rings (SSSR count). The molecule has 3 nitrogen and oxygen atoms in total. The van der Waals surface area contributed by atoms with Gasteiger partial charge in [0.15, 0.2) is 5.82 Å². The summed E-state index contributed by atoms with van der Waals surface area (Å²) in [5.41, 5.74) is 3.53. The highest BCUT2D eigenvalue weighted by Crippen LogP contribution is 2.24. The summed E-state index contributed by atoms with van der Waals surface area (Å²) < 4.78 is 37.1. The first-order valence-electron chi connectivity index (χ1n) is 3.20. The highest BCUT2D eigenvalue weighted by molar-refractivity contribution is 5.50. The fourth-order valence-electron chi connectivity index (χ4n) is 0.776. The van der Waals surface area contributed by atoms with Crippen LogP contribution in [0.25, 0.3) is 0 Å². The molecule has 0 atom stereocenters. The summed E-state index contributed by atoms with van der Waals surface area (Å²) in [5.74, 6) is -1.69. The van der Waals surface area contributed by atoms with Crippen molar-refractivity contribution in [2.24, 2.45) is 0 Å². The summed E-state index contributed by atoms with van der Waals surface area (Å²) >= 11 is 0. The van der Waals surface area contributed by atoms with E-state index in [4.69, 9.17) is 11.0 Å². The van der Waals surface area contributed by atoms with E-state index in [9.17, 15) is 13.2 Å². The van der Waals surface area contributed by atoms with E-state index in [2.05, 4.69) is 4.98 Å². The zero-order valence-electron chi connectivity index (χ0n) is 6.26. The van der Waals surface area contributed by atoms with Crippen molar-refractivity contribution in [3.05, 3.63) is 23.1 Å². The summed E-state index contributed by atoms with van der Waals surface area (Å²) in [7, 11) is 0. The highest BCUT2D eigenvalue weighted by Gasteiger charge is 2.19. The second kappa shape index (κ2) is 3.31. The van der Waals surface area contributed by atoms with Crippen molar-refractivity contribution in [3.63, 3.8) is 0 Å². The summed E-state index contributed by atoms with van der Waals surface area (Å²) in [6, 6.07) is 1.36. The van der Waals surface area contributed by atoms with Gasteiger partial charge < -0.3 is 5.73 Å². The lowest BCUT2D eigenvalue weighted by atomic mass is 10.2. The summed E-state index contributed by atoms with van der Waals surface area (Å²) in [6.07, 6.45) is -2.38. The Kier molecular flexibility index (Phi) is 2.37. The molecule has 1 aromatic heterocycles. The minimum atomic E-state index is -3.00. The second-order valence-corrected chi connectivity index (χ2v) is 2.20. The molecule has 6 heteroatoms. The standard InChI is InChI=1S/C7H4F3N3/c8-5-3(1-11)7(12)13-2-4(5)6(9)10/h2,6H,(H2,12,13). The maximum absolute atomic E-state index is 13.0. The molecule has 1 aromatic rings. The maximum Gasteiger partial charge on any atom is 0.268 e. The van der Waals surface area contributed by atoms with Gasteiger partial charge in [-0.25, -0.2) is 18.2 Å². The fraction of sp³-hybridized carbons (Fsp3) is 0.143. The Hall–Kier alpha value is -1.77. The minimum absolute atomic E-state index is 0.385. The molecule has 2 N–H and O–H groups in total. The smallest absolute Gasteiger partial charge is 0.268 e. The fourth-order valence-corrected chi connectivity index (χ4v) is 0.776. The van der Waals surface area contributed by atoms with Crippen molar-refractivity contribution < 1.29 is 13.2 Å². The third kappa shape index (κ3) is 1.54. The van der Waals surface area contributed by atoms with Crippen LogP contribution in [0.2, 0.25) is 0 Å². The number of nitrogens with zero attached hydrogens (tertiary/aromatic N) is 2. The van der Waals surface area contributed by atoms with Crippen molar-refractivity contribution >= 4 is 5.82 Å². The Labute approximate surface area is 71.6 Å². The average molecular weight is 187 g/mol. The largest absolute Gasteiger partial charge is 0.383 e. The van der Waals surface area contributed by atoms with Gasteiger partial charge in [-0.1, -0.05) is 0 Å². The molecular weight excluding hydrogens is 183 g/mol. The van der Waals surface area contributed by atoms with Crippen molar-refractivity contribution in [1.29, 1.82) is 5.26 Å². The normalized spacial score (nSPS) is 10.1. The molecule has 0 saturated heterocycles. The number of hydrogen-bond donors (Lipinski definition) is 1. The predicted octanol–water partition coefficient (Wildman–Crippen LogP) is 1.61. The second-order valence-electron chi connectivity index (χ2n) is 2.20. The lowest BCUT2D eigenvalue weighted by Crippen LogP contribution is -2.02. The van der Waals surface area contributed by atoms with Gasteiger partial charge in [0, 0.05) is 6.20 Å². The summed E-state index contributed by atoms with van der Waals surface area (Å²) in [4.78, 5) is 3.27. The van der Waals surface area contributed by atoms with E-state index >= 15 is 0 Å². The van der Waals surface area contributed by atoms with Crippen LogP contribution in [0.5, 0.6) is 0 Å². The van der Waals surface area contributed by atoms with Crippen LogP contribution in [-0.2, 0) is 0 Å². The number of anilines is 1. The van der Waals surface area contributed by atoms with E-state index in [1.807, 2.05) is 0 Å². The molecule has 1 heterocycles. The zero-order chi connectivity index (χ0) is 10.0. The van der Waals surface area contributed by atoms with Crippen LogP contribution < -0.4 is 5.73 Å². The number of nitriles is 1. The molecule has 0 saturated carbocycles. The first kappa shape index (κ1) is 9.32. The van der Waals surface area contributed by atoms with Crippen LogP contribution >= 0.6 is 0 Å². The van der Waals surface area contributed by atoms with E-state index in [1.165, 1.54) is 6.07 Å². The van der Waals surface area contributed by atoms with Gasteiger partial charge in [0.1, 0.15) is 17.5 Å². The van der Waals surface area contributed by atoms with Crippen molar-refractivity contribution in [2.45, 2.75) is 6.43 Å². The maximum atomic E-state index is 13.0. The predicted molar refractivity (Wildman–Crippen MR) is 38.3 cm³/mol. The Balaban J connectivity index is 3.38. The Morgan fingerprint density at radius 3 is 2.62 bits per heavy atom. The molecule has 0 aliphatic rings. The van der Waals surface area contributed by atoms with Gasteiger partial charge in [-0.2, -0.15) is 5.26 Å². The van der Waals surface area contributed by atoms with Crippen LogP contribution in [0.3, 0.4) is 0 Å². The van der Waals surface area contributed by atoms with E-state index < -0.39 is 23.4 Å².